The van der Waals surface area contributed by atoms with E-state index in [0.717, 1.165) is 0 Å². The van der Waals surface area contributed by atoms with Gasteiger partial charge in [-0.1, -0.05) is 12.1 Å². The van der Waals surface area contributed by atoms with E-state index in [4.69, 9.17) is 4.74 Å². The predicted octanol–water partition coefficient (Wildman–Crippen LogP) is 3.39. The molecule has 19 heavy (non-hydrogen) atoms. The SMILES string of the molecule is COc1ccc([C@@H](C)NC(=O)c2cccs2)cc1F. The van der Waals surface area contributed by atoms with Crippen LogP contribution >= 0.6 is 11.3 Å². The molecule has 1 aromatic heterocycles. The van der Waals surface area contributed by atoms with Gasteiger partial charge in [0.15, 0.2) is 11.6 Å². The van der Waals surface area contributed by atoms with Crippen LogP contribution in [0.4, 0.5) is 4.39 Å². The topological polar surface area (TPSA) is 38.3 Å². The van der Waals surface area contributed by atoms with E-state index in [1.54, 1.807) is 18.2 Å². The van der Waals surface area contributed by atoms with Crippen LogP contribution in [0.5, 0.6) is 5.75 Å². The highest BCUT2D eigenvalue weighted by molar-refractivity contribution is 7.12. The second kappa shape index (κ2) is 5.84. The first-order valence-electron chi connectivity index (χ1n) is 5.79. The third-order valence-electron chi connectivity index (χ3n) is 2.77. The third kappa shape index (κ3) is 3.12. The van der Waals surface area contributed by atoms with Crippen molar-refractivity contribution in [2.45, 2.75) is 13.0 Å². The summed E-state index contributed by atoms with van der Waals surface area (Å²) in [5.41, 5.74) is 0.697. The van der Waals surface area contributed by atoms with Crippen LogP contribution in [0.25, 0.3) is 0 Å². The molecule has 0 aliphatic carbocycles. The summed E-state index contributed by atoms with van der Waals surface area (Å²) in [5, 5.41) is 4.67. The number of amides is 1. The van der Waals surface area contributed by atoms with Crippen molar-refractivity contribution in [2.24, 2.45) is 0 Å². The quantitative estimate of drug-likeness (QED) is 0.931. The number of ether oxygens (including phenoxy) is 1. The van der Waals surface area contributed by atoms with Gasteiger partial charge in [-0.3, -0.25) is 4.79 Å². The molecule has 2 rings (SSSR count). The van der Waals surface area contributed by atoms with E-state index < -0.39 is 5.82 Å². The molecule has 0 bridgehead atoms. The average Bonchev–Trinajstić information content (AvgIpc) is 2.92. The fraction of sp³-hybridized carbons (Fsp3) is 0.214. The number of halogens is 1. The summed E-state index contributed by atoms with van der Waals surface area (Å²) < 4.78 is 18.4. The molecule has 0 aliphatic heterocycles. The first-order valence-corrected chi connectivity index (χ1v) is 6.67. The summed E-state index contributed by atoms with van der Waals surface area (Å²) in [4.78, 5) is 12.5. The molecule has 0 saturated heterocycles. The Morgan fingerprint density at radius 3 is 2.79 bits per heavy atom. The molecule has 1 heterocycles. The minimum Gasteiger partial charge on any atom is -0.494 e. The molecule has 0 radical (unpaired) electrons. The maximum absolute atomic E-state index is 13.6. The molecule has 1 aromatic carbocycles. The maximum Gasteiger partial charge on any atom is 0.261 e. The molecule has 1 amide bonds. The van der Waals surface area contributed by atoms with Crippen molar-refractivity contribution < 1.29 is 13.9 Å². The molecule has 5 heteroatoms. The number of carbonyl (C=O) groups is 1. The van der Waals surface area contributed by atoms with Gasteiger partial charge in [-0.15, -0.1) is 11.3 Å². The van der Waals surface area contributed by atoms with Gasteiger partial charge < -0.3 is 10.1 Å². The van der Waals surface area contributed by atoms with Crippen molar-refractivity contribution in [3.8, 4) is 5.75 Å². The monoisotopic (exact) mass is 279 g/mol. The van der Waals surface area contributed by atoms with Gasteiger partial charge in [0.05, 0.1) is 18.0 Å². The Morgan fingerprint density at radius 1 is 1.42 bits per heavy atom. The summed E-state index contributed by atoms with van der Waals surface area (Å²) in [5.74, 6) is -0.392. The Morgan fingerprint density at radius 2 is 2.21 bits per heavy atom. The zero-order valence-electron chi connectivity index (χ0n) is 10.6. The van der Waals surface area contributed by atoms with Crippen LogP contribution in [0.15, 0.2) is 35.7 Å². The molecule has 1 N–H and O–H groups in total. The molecule has 0 fully saturated rings. The van der Waals surface area contributed by atoms with Crippen LogP contribution in [0, 0.1) is 5.82 Å². The molecule has 0 saturated carbocycles. The van der Waals surface area contributed by atoms with Gasteiger partial charge in [0.1, 0.15) is 0 Å². The summed E-state index contributed by atoms with van der Waals surface area (Å²) in [6, 6.07) is 7.96. The van der Waals surface area contributed by atoms with Crippen LogP contribution in [0.1, 0.15) is 28.2 Å². The Bertz CT molecular complexity index is 569. The van der Waals surface area contributed by atoms with E-state index in [2.05, 4.69) is 5.32 Å². The van der Waals surface area contributed by atoms with E-state index in [1.165, 1.54) is 24.5 Å². The van der Waals surface area contributed by atoms with Crippen molar-refractivity contribution in [1.29, 1.82) is 0 Å². The molecule has 2 aromatic rings. The van der Waals surface area contributed by atoms with Crippen molar-refractivity contribution in [3.05, 3.63) is 52.0 Å². The smallest absolute Gasteiger partial charge is 0.261 e. The van der Waals surface area contributed by atoms with Gasteiger partial charge >= 0.3 is 0 Å². The normalized spacial score (nSPS) is 11.9. The van der Waals surface area contributed by atoms with Crippen molar-refractivity contribution >= 4 is 17.2 Å². The van der Waals surface area contributed by atoms with Crippen LogP contribution in [0.3, 0.4) is 0 Å². The van der Waals surface area contributed by atoms with E-state index in [0.29, 0.717) is 10.4 Å². The summed E-state index contributed by atoms with van der Waals surface area (Å²) in [6.07, 6.45) is 0. The Labute approximate surface area is 115 Å². The Balaban J connectivity index is 2.09. The summed E-state index contributed by atoms with van der Waals surface area (Å²) in [6.45, 7) is 1.81. The van der Waals surface area contributed by atoms with Crippen molar-refractivity contribution in [3.63, 3.8) is 0 Å². The Kier molecular flexibility index (Phi) is 4.16. The Hall–Kier alpha value is -1.88. The number of benzene rings is 1. The molecule has 0 unspecified atom stereocenters. The van der Waals surface area contributed by atoms with Crippen LogP contribution < -0.4 is 10.1 Å². The summed E-state index contributed by atoms with van der Waals surface area (Å²) in [7, 11) is 1.42. The standard InChI is InChI=1S/C14H14FNO2S/c1-9(16-14(17)13-4-3-7-19-13)10-5-6-12(18-2)11(15)8-10/h3-9H,1-2H3,(H,16,17)/t9-/m1/s1. The van der Waals surface area contributed by atoms with Gasteiger partial charge in [0.2, 0.25) is 0 Å². The molecule has 0 aliphatic rings. The number of carbonyl (C=O) groups excluding carboxylic acids is 1. The van der Waals surface area contributed by atoms with Gasteiger partial charge in [-0.05, 0) is 36.1 Å². The minimum atomic E-state index is -0.433. The van der Waals surface area contributed by atoms with Crippen LogP contribution in [-0.4, -0.2) is 13.0 Å². The first-order chi connectivity index (χ1) is 9.11. The molecule has 0 spiro atoms. The van der Waals surface area contributed by atoms with Gasteiger partial charge in [0, 0.05) is 0 Å². The number of methoxy groups -OCH3 is 1. The molecule has 3 nitrogen and oxygen atoms in total. The van der Waals surface area contributed by atoms with Gasteiger partial charge in [0.25, 0.3) is 5.91 Å². The average molecular weight is 279 g/mol. The lowest BCUT2D eigenvalue weighted by atomic mass is 10.1. The fourth-order valence-electron chi connectivity index (χ4n) is 1.71. The predicted molar refractivity (Wildman–Crippen MR) is 73.2 cm³/mol. The van der Waals surface area contributed by atoms with E-state index in [1.807, 2.05) is 18.4 Å². The number of rotatable bonds is 4. The second-order valence-corrected chi connectivity index (χ2v) is 5.01. The summed E-state index contributed by atoms with van der Waals surface area (Å²) >= 11 is 1.37. The second-order valence-electron chi connectivity index (χ2n) is 4.07. The maximum atomic E-state index is 13.6. The van der Waals surface area contributed by atoms with E-state index >= 15 is 0 Å². The highest BCUT2D eigenvalue weighted by Gasteiger charge is 2.13. The number of hydrogen-bond donors (Lipinski definition) is 1. The largest absolute Gasteiger partial charge is 0.494 e. The van der Waals surface area contributed by atoms with E-state index in [9.17, 15) is 9.18 Å². The lowest BCUT2D eigenvalue weighted by molar-refractivity contribution is 0.0944. The zero-order chi connectivity index (χ0) is 13.8. The lowest BCUT2D eigenvalue weighted by Crippen LogP contribution is -2.25. The van der Waals surface area contributed by atoms with Crippen LogP contribution in [0.2, 0.25) is 0 Å². The highest BCUT2D eigenvalue weighted by atomic mass is 32.1. The van der Waals surface area contributed by atoms with Crippen LogP contribution in [-0.2, 0) is 0 Å². The highest BCUT2D eigenvalue weighted by Crippen LogP contribution is 2.22. The van der Waals surface area contributed by atoms with E-state index in [-0.39, 0.29) is 17.7 Å². The van der Waals surface area contributed by atoms with Gasteiger partial charge in [-0.2, -0.15) is 0 Å². The minimum absolute atomic E-state index is 0.154. The number of nitrogens with one attached hydrogen (secondary N) is 1. The number of hydrogen-bond acceptors (Lipinski definition) is 3. The number of thiophene rings is 1. The van der Waals surface area contributed by atoms with Crippen molar-refractivity contribution in [2.75, 3.05) is 7.11 Å². The molecule has 1 atom stereocenters. The van der Waals surface area contributed by atoms with Crippen molar-refractivity contribution in [1.82, 2.24) is 5.32 Å². The lowest BCUT2D eigenvalue weighted by Gasteiger charge is -2.14. The fourth-order valence-corrected chi connectivity index (χ4v) is 2.34. The van der Waals surface area contributed by atoms with Gasteiger partial charge in [-0.25, -0.2) is 4.39 Å². The molecular formula is C14H14FNO2S. The first kappa shape index (κ1) is 13.5. The third-order valence-corrected chi connectivity index (χ3v) is 3.64. The molecule has 100 valence electrons. The zero-order valence-corrected chi connectivity index (χ0v) is 11.5. The molecular weight excluding hydrogens is 265 g/mol.